The second-order valence-corrected chi connectivity index (χ2v) is 12.5. The minimum atomic E-state index is -4.10. The molecule has 4 rings (SSSR count). The van der Waals surface area contributed by atoms with Gasteiger partial charge in [-0.05, 0) is 77.0 Å². The molecule has 0 aromatic heterocycles. The van der Waals surface area contributed by atoms with Crippen LogP contribution in [-0.4, -0.2) is 44.3 Å². The van der Waals surface area contributed by atoms with Crippen LogP contribution in [0.4, 0.5) is 5.69 Å². The molecule has 4 aromatic carbocycles. The Morgan fingerprint density at radius 2 is 1.32 bits per heavy atom. The fourth-order valence-electron chi connectivity index (χ4n) is 4.48. The first kappa shape index (κ1) is 30.3. The molecule has 2 amide bonds. The molecule has 9 heteroatoms. The maximum Gasteiger partial charge on any atom is 0.264 e. The Balaban J connectivity index is 1.77. The van der Waals surface area contributed by atoms with E-state index in [0.29, 0.717) is 12.2 Å². The number of benzene rings is 4. The third-order valence-corrected chi connectivity index (χ3v) is 9.05. The quantitative estimate of drug-likeness (QED) is 0.207. The lowest BCUT2D eigenvalue weighted by atomic mass is 10.0. The molecule has 0 aliphatic heterocycles. The van der Waals surface area contributed by atoms with Crippen molar-refractivity contribution < 1.29 is 18.0 Å². The summed E-state index contributed by atoms with van der Waals surface area (Å²) >= 11 is 2.15. The van der Waals surface area contributed by atoms with Crippen molar-refractivity contribution in [2.45, 2.75) is 30.8 Å². The molecule has 1 N–H and O–H groups in total. The summed E-state index contributed by atoms with van der Waals surface area (Å²) < 4.78 is 29.9. The van der Waals surface area contributed by atoms with E-state index in [-0.39, 0.29) is 23.8 Å². The predicted molar refractivity (Wildman–Crippen MR) is 170 cm³/mol. The van der Waals surface area contributed by atoms with E-state index in [1.807, 2.05) is 67.6 Å². The summed E-state index contributed by atoms with van der Waals surface area (Å²) in [6, 6.07) is 33.0. The first-order valence-corrected chi connectivity index (χ1v) is 15.8. The number of carbonyl (C=O) groups excluding carboxylic acids is 2. The minimum Gasteiger partial charge on any atom is -0.355 e. The average molecular weight is 682 g/mol. The van der Waals surface area contributed by atoms with Gasteiger partial charge in [0, 0.05) is 23.1 Å². The molecular formula is C32H32IN3O4S. The predicted octanol–water partition coefficient (Wildman–Crippen LogP) is 5.26. The van der Waals surface area contributed by atoms with Gasteiger partial charge >= 0.3 is 0 Å². The normalized spacial score (nSPS) is 11.9. The van der Waals surface area contributed by atoms with Gasteiger partial charge < -0.3 is 10.2 Å². The van der Waals surface area contributed by atoms with Crippen molar-refractivity contribution in [2.24, 2.45) is 0 Å². The van der Waals surface area contributed by atoms with Crippen LogP contribution < -0.4 is 9.62 Å². The zero-order valence-corrected chi connectivity index (χ0v) is 25.7. The van der Waals surface area contributed by atoms with Gasteiger partial charge in [0.15, 0.2) is 0 Å². The number of hydrogen-bond acceptors (Lipinski definition) is 4. The van der Waals surface area contributed by atoms with E-state index in [0.717, 1.165) is 19.0 Å². The third kappa shape index (κ3) is 7.95. The molecule has 0 spiro atoms. The Bertz CT molecular complexity index is 1530. The maximum absolute atomic E-state index is 14.3. The molecule has 7 nitrogen and oxygen atoms in total. The van der Waals surface area contributed by atoms with Crippen LogP contribution in [0.2, 0.25) is 0 Å². The van der Waals surface area contributed by atoms with Crippen molar-refractivity contribution in [1.29, 1.82) is 0 Å². The number of rotatable bonds is 12. The highest BCUT2D eigenvalue weighted by molar-refractivity contribution is 14.1. The Morgan fingerprint density at radius 1 is 0.780 bits per heavy atom. The highest BCUT2D eigenvalue weighted by atomic mass is 127. The Kier molecular flexibility index (Phi) is 10.5. The zero-order chi connectivity index (χ0) is 29.2. The monoisotopic (exact) mass is 681 g/mol. The van der Waals surface area contributed by atoms with E-state index in [1.165, 1.54) is 17.0 Å². The summed E-state index contributed by atoms with van der Waals surface area (Å²) in [6.07, 6.45) is 0.278. The standard InChI is InChI=1S/C32H32IN3O4S/c1-2-34-32(38)30(22-25-12-6-3-7-13-25)35(23-26-14-8-4-9-15-26)31(37)24-36(28-20-18-27(33)19-21-28)41(39,40)29-16-10-5-11-17-29/h3-21,30H,2,22-24H2,1H3,(H,34,38)/t30-/m1/s1. The van der Waals surface area contributed by atoms with Gasteiger partial charge in [-0.15, -0.1) is 0 Å². The lowest BCUT2D eigenvalue weighted by Gasteiger charge is -2.33. The van der Waals surface area contributed by atoms with Crippen LogP contribution in [0.1, 0.15) is 18.1 Å². The molecule has 212 valence electrons. The van der Waals surface area contributed by atoms with Gasteiger partial charge in [0.1, 0.15) is 12.6 Å². The van der Waals surface area contributed by atoms with Gasteiger partial charge in [-0.2, -0.15) is 0 Å². The molecular weight excluding hydrogens is 649 g/mol. The molecule has 0 aliphatic rings. The average Bonchev–Trinajstić information content (AvgIpc) is 2.99. The second kappa shape index (κ2) is 14.3. The molecule has 0 unspecified atom stereocenters. The molecule has 4 aromatic rings. The number of amides is 2. The van der Waals surface area contributed by atoms with Crippen LogP contribution in [0.5, 0.6) is 0 Å². The first-order valence-electron chi connectivity index (χ1n) is 13.3. The van der Waals surface area contributed by atoms with Gasteiger partial charge in [0.05, 0.1) is 10.6 Å². The molecule has 0 saturated carbocycles. The van der Waals surface area contributed by atoms with Crippen molar-refractivity contribution >= 4 is 50.1 Å². The molecule has 0 saturated heterocycles. The molecule has 0 radical (unpaired) electrons. The van der Waals surface area contributed by atoms with E-state index in [9.17, 15) is 18.0 Å². The Hall–Kier alpha value is -3.70. The Morgan fingerprint density at radius 3 is 1.88 bits per heavy atom. The fourth-order valence-corrected chi connectivity index (χ4v) is 6.28. The number of sulfonamides is 1. The van der Waals surface area contributed by atoms with Crippen LogP contribution in [0.15, 0.2) is 120 Å². The van der Waals surface area contributed by atoms with Gasteiger partial charge in [-0.1, -0.05) is 78.9 Å². The second-order valence-electron chi connectivity index (χ2n) is 9.41. The SMILES string of the molecule is CCNC(=O)[C@@H](Cc1ccccc1)N(Cc1ccccc1)C(=O)CN(c1ccc(I)cc1)S(=O)(=O)c1ccccc1. The summed E-state index contributed by atoms with van der Waals surface area (Å²) in [5, 5.41) is 2.87. The molecule has 41 heavy (non-hydrogen) atoms. The van der Waals surface area contributed by atoms with Crippen LogP contribution in [0, 0.1) is 3.57 Å². The van der Waals surface area contributed by atoms with Crippen LogP contribution in [-0.2, 0) is 32.6 Å². The Labute approximate surface area is 255 Å². The number of anilines is 1. The number of nitrogens with one attached hydrogen (secondary N) is 1. The lowest BCUT2D eigenvalue weighted by molar-refractivity contribution is -0.140. The molecule has 0 heterocycles. The fraction of sp³-hybridized carbons (Fsp3) is 0.188. The number of carbonyl (C=O) groups is 2. The molecule has 0 bridgehead atoms. The zero-order valence-electron chi connectivity index (χ0n) is 22.7. The summed E-state index contributed by atoms with van der Waals surface area (Å²) in [7, 11) is -4.10. The van der Waals surface area contributed by atoms with E-state index in [2.05, 4.69) is 27.9 Å². The van der Waals surface area contributed by atoms with Crippen molar-refractivity contribution in [3.63, 3.8) is 0 Å². The summed E-state index contributed by atoms with van der Waals surface area (Å²) in [5.74, 6) is -0.786. The minimum absolute atomic E-state index is 0.0746. The van der Waals surface area contributed by atoms with Crippen molar-refractivity contribution in [2.75, 3.05) is 17.4 Å². The van der Waals surface area contributed by atoms with E-state index in [4.69, 9.17) is 0 Å². The van der Waals surface area contributed by atoms with Gasteiger partial charge in [0.2, 0.25) is 11.8 Å². The smallest absolute Gasteiger partial charge is 0.264 e. The maximum atomic E-state index is 14.3. The van der Waals surface area contributed by atoms with E-state index < -0.39 is 28.5 Å². The van der Waals surface area contributed by atoms with Crippen LogP contribution >= 0.6 is 22.6 Å². The summed E-state index contributed by atoms with van der Waals surface area (Å²) in [6.45, 7) is 1.88. The van der Waals surface area contributed by atoms with Gasteiger partial charge in [-0.25, -0.2) is 8.42 Å². The van der Waals surface area contributed by atoms with Crippen molar-refractivity contribution in [3.05, 3.63) is 130 Å². The third-order valence-electron chi connectivity index (χ3n) is 6.54. The van der Waals surface area contributed by atoms with Gasteiger partial charge in [-0.3, -0.25) is 13.9 Å². The van der Waals surface area contributed by atoms with E-state index >= 15 is 0 Å². The number of hydrogen-bond donors (Lipinski definition) is 1. The van der Waals surface area contributed by atoms with Crippen LogP contribution in [0.3, 0.4) is 0 Å². The van der Waals surface area contributed by atoms with E-state index in [1.54, 1.807) is 42.5 Å². The summed E-state index contributed by atoms with van der Waals surface area (Å²) in [4.78, 5) is 29.3. The number of nitrogens with zero attached hydrogens (tertiary/aromatic N) is 2. The summed E-state index contributed by atoms with van der Waals surface area (Å²) in [5.41, 5.74) is 2.08. The molecule has 0 fully saturated rings. The van der Waals surface area contributed by atoms with Crippen molar-refractivity contribution in [1.82, 2.24) is 10.2 Å². The number of likely N-dealkylation sites (N-methyl/N-ethyl adjacent to an activating group) is 1. The first-order chi connectivity index (χ1) is 19.8. The van der Waals surface area contributed by atoms with Crippen molar-refractivity contribution in [3.8, 4) is 0 Å². The highest BCUT2D eigenvalue weighted by Gasteiger charge is 2.34. The van der Waals surface area contributed by atoms with Crippen LogP contribution in [0.25, 0.3) is 0 Å². The number of halogens is 1. The molecule has 0 aliphatic carbocycles. The largest absolute Gasteiger partial charge is 0.355 e. The lowest BCUT2D eigenvalue weighted by Crippen LogP contribution is -2.53. The topological polar surface area (TPSA) is 86.8 Å². The molecule has 1 atom stereocenters. The highest BCUT2D eigenvalue weighted by Crippen LogP contribution is 2.25. The van der Waals surface area contributed by atoms with Gasteiger partial charge in [0.25, 0.3) is 10.0 Å².